The Morgan fingerprint density at radius 1 is 1.60 bits per heavy atom. The number of hydrogen-bond acceptors (Lipinski definition) is 2. The molecule has 0 aliphatic rings. The Balaban J connectivity index is 3.29. The van der Waals surface area contributed by atoms with E-state index in [0.29, 0.717) is 0 Å². The fraction of sp³-hybridized carbons (Fsp3) is 0.667. The summed E-state index contributed by atoms with van der Waals surface area (Å²) in [7, 11) is 0. The monoisotopic (exact) mass is 158 g/mol. The molecule has 0 rings (SSSR count). The predicted molar refractivity (Wildman–Crippen MR) is 24.7 cm³/mol. The summed E-state index contributed by atoms with van der Waals surface area (Å²) < 4.78 is 33.6. The zero-order valence-electron chi connectivity index (χ0n) is 4.73. The molecule has 3 N–H and O–H groups in total. The second-order valence-electron chi connectivity index (χ2n) is 1.37. The first kappa shape index (κ1) is 9.02. The zero-order chi connectivity index (χ0) is 8.20. The number of amides is 2. The van der Waals surface area contributed by atoms with E-state index in [4.69, 9.17) is 0 Å². The third kappa shape index (κ3) is 7.02. The SMILES string of the molecule is NC(=O)NOCC(F)(F)F. The van der Waals surface area contributed by atoms with Crippen LogP contribution in [-0.2, 0) is 4.84 Å². The normalized spacial score (nSPS) is 11.1. The van der Waals surface area contributed by atoms with Crippen molar-refractivity contribution in [2.75, 3.05) is 6.61 Å². The molecule has 0 aliphatic carbocycles. The summed E-state index contributed by atoms with van der Waals surface area (Å²) in [4.78, 5) is 13.3. The molecule has 0 atom stereocenters. The van der Waals surface area contributed by atoms with Crippen LogP contribution < -0.4 is 11.2 Å². The highest BCUT2D eigenvalue weighted by atomic mass is 19.4. The summed E-state index contributed by atoms with van der Waals surface area (Å²) >= 11 is 0. The molecule has 0 aliphatic heterocycles. The van der Waals surface area contributed by atoms with Gasteiger partial charge in [0, 0.05) is 0 Å². The van der Waals surface area contributed by atoms with E-state index < -0.39 is 18.8 Å². The average molecular weight is 158 g/mol. The predicted octanol–water partition coefficient (Wildman–Crippen LogP) is 0.149. The standard InChI is InChI=1S/C3H5F3N2O2/c4-3(5,6)1-10-8-2(7)9/h1H2,(H3,7,8,9). The number of carbonyl (C=O) groups excluding carboxylic acids is 1. The molecule has 0 saturated carbocycles. The van der Waals surface area contributed by atoms with Gasteiger partial charge in [-0.1, -0.05) is 0 Å². The largest absolute Gasteiger partial charge is 0.414 e. The first-order chi connectivity index (χ1) is 4.42. The molecule has 4 nitrogen and oxygen atoms in total. The van der Waals surface area contributed by atoms with Crippen LogP contribution in [0.5, 0.6) is 0 Å². The van der Waals surface area contributed by atoms with Gasteiger partial charge in [0.2, 0.25) is 0 Å². The third-order valence-corrected chi connectivity index (χ3v) is 0.409. The summed E-state index contributed by atoms with van der Waals surface area (Å²) in [6, 6.07) is -1.16. The average Bonchev–Trinajstić information content (AvgIpc) is 1.59. The van der Waals surface area contributed by atoms with Gasteiger partial charge >= 0.3 is 12.2 Å². The van der Waals surface area contributed by atoms with E-state index in [1.807, 2.05) is 0 Å². The van der Waals surface area contributed by atoms with Crippen molar-refractivity contribution in [3.05, 3.63) is 0 Å². The van der Waals surface area contributed by atoms with Crippen molar-refractivity contribution in [3.8, 4) is 0 Å². The minimum absolute atomic E-state index is 1.16. The molecule has 0 fully saturated rings. The maximum absolute atomic E-state index is 11.2. The van der Waals surface area contributed by atoms with E-state index in [1.165, 1.54) is 5.48 Å². The number of hydrogen-bond donors (Lipinski definition) is 2. The topological polar surface area (TPSA) is 64.4 Å². The Labute approximate surface area is 54.1 Å². The number of primary amides is 1. The second kappa shape index (κ2) is 3.25. The van der Waals surface area contributed by atoms with E-state index in [1.54, 1.807) is 0 Å². The van der Waals surface area contributed by atoms with Crippen LogP contribution in [0.2, 0.25) is 0 Å². The Hall–Kier alpha value is -0.980. The second-order valence-corrected chi connectivity index (χ2v) is 1.37. The van der Waals surface area contributed by atoms with Gasteiger partial charge in [-0.2, -0.15) is 13.2 Å². The molecule has 10 heavy (non-hydrogen) atoms. The molecule has 60 valence electrons. The fourth-order valence-corrected chi connectivity index (χ4v) is 0.189. The van der Waals surface area contributed by atoms with Gasteiger partial charge in [-0.05, 0) is 0 Å². The van der Waals surface area contributed by atoms with Gasteiger partial charge in [0.1, 0.15) is 0 Å². The van der Waals surface area contributed by atoms with E-state index in [9.17, 15) is 18.0 Å². The molecule has 0 saturated heterocycles. The molecule has 0 aromatic heterocycles. The lowest BCUT2D eigenvalue weighted by molar-refractivity contribution is -0.183. The van der Waals surface area contributed by atoms with Crippen molar-refractivity contribution in [2.24, 2.45) is 5.73 Å². The number of nitrogens with one attached hydrogen (secondary N) is 1. The molecule has 0 heterocycles. The maximum atomic E-state index is 11.2. The fourth-order valence-electron chi connectivity index (χ4n) is 0.189. The Morgan fingerprint density at radius 3 is 2.40 bits per heavy atom. The van der Waals surface area contributed by atoms with Crippen molar-refractivity contribution >= 4 is 6.03 Å². The number of hydroxylamine groups is 1. The van der Waals surface area contributed by atoms with Gasteiger partial charge in [0.05, 0.1) is 0 Å². The maximum Gasteiger partial charge on any atom is 0.414 e. The number of rotatable bonds is 2. The van der Waals surface area contributed by atoms with E-state index in [-0.39, 0.29) is 0 Å². The van der Waals surface area contributed by atoms with Crippen molar-refractivity contribution in [2.45, 2.75) is 6.18 Å². The highest BCUT2D eigenvalue weighted by Crippen LogP contribution is 2.13. The Morgan fingerprint density at radius 2 is 2.10 bits per heavy atom. The lowest BCUT2D eigenvalue weighted by Crippen LogP contribution is -2.33. The van der Waals surface area contributed by atoms with E-state index >= 15 is 0 Å². The summed E-state index contributed by atoms with van der Waals surface area (Å²) in [6.07, 6.45) is -4.46. The molecule has 0 aromatic carbocycles. The van der Waals surface area contributed by atoms with Crippen LogP contribution in [0.3, 0.4) is 0 Å². The van der Waals surface area contributed by atoms with Crippen LogP contribution in [0.15, 0.2) is 0 Å². The quantitative estimate of drug-likeness (QED) is 0.561. The highest BCUT2D eigenvalue weighted by molar-refractivity contribution is 5.70. The van der Waals surface area contributed by atoms with Crippen molar-refractivity contribution in [1.82, 2.24) is 5.48 Å². The van der Waals surface area contributed by atoms with Crippen LogP contribution in [0, 0.1) is 0 Å². The van der Waals surface area contributed by atoms with Crippen LogP contribution in [0.4, 0.5) is 18.0 Å². The molecule has 7 heteroatoms. The number of alkyl halides is 3. The smallest absolute Gasteiger partial charge is 0.350 e. The number of carbonyl (C=O) groups is 1. The minimum atomic E-state index is -4.46. The molecular formula is C3H5F3N2O2. The first-order valence-corrected chi connectivity index (χ1v) is 2.16. The molecule has 0 radical (unpaired) electrons. The van der Waals surface area contributed by atoms with Gasteiger partial charge in [0.15, 0.2) is 6.61 Å². The van der Waals surface area contributed by atoms with Crippen LogP contribution in [0.25, 0.3) is 0 Å². The molecule has 0 aromatic rings. The van der Waals surface area contributed by atoms with E-state index in [2.05, 4.69) is 10.6 Å². The van der Waals surface area contributed by atoms with Gasteiger partial charge < -0.3 is 5.73 Å². The number of urea groups is 1. The van der Waals surface area contributed by atoms with Crippen molar-refractivity contribution in [1.29, 1.82) is 0 Å². The lowest BCUT2D eigenvalue weighted by atomic mass is 10.7. The summed E-state index contributed by atoms with van der Waals surface area (Å²) in [6.45, 7) is -1.55. The van der Waals surface area contributed by atoms with E-state index in [0.717, 1.165) is 0 Å². The number of halogens is 3. The van der Waals surface area contributed by atoms with Gasteiger partial charge in [-0.25, -0.2) is 10.3 Å². The lowest BCUT2D eigenvalue weighted by Gasteiger charge is -2.05. The Kier molecular flexibility index (Phi) is 2.94. The summed E-state index contributed by atoms with van der Waals surface area (Å²) in [5.74, 6) is 0. The Bertz CT molecular complexity index is 123. The van der Waals surface area contributed by atoms with Crippen LogP contribution in [-0.4, -0.2) is 18.8 Å². The van der Waals surface area contributed by atoms with Crippen LogP contribution >= 0.6 is 0 Å². The molecule has 2 amide bonds. The van der Waals surface area contributed by atoms with Gasteiger partial charge in [-0.15, -0.1) is 0 Å². The molecular weight excluding hydrogens is 153 g/mol. The molecule has 0 bridgehead atoms. The van der Waals surface area contributed by atoms with Crippen molar-refractivity contribution in [3.63, 3.8) is 0 Å². The van der Waals surface area contributed by atoms with Crippen LogP contribution in [0.1, 0.15) is 0 Å². The summed E-state index contributed by atoms with van der Waals surface area (Å²) in [5, 5.41) is 0. The minimum Gasteiger partial charge on any atom is -0.350 e. The van der Waals surface area contributed by atoms with Gasteiger partial charge in [-0.3, -0.25) is 4.84 Å². The molecule has 0 spiro atoms. The highest BCUT2D eigenvalue weighted by Gasteiger charge is 2.27. The van der Waals surface area contributed by atoms with Crippen molar-refractivity contribution < 1.29 is 22.8 Å². The first-order valence-electron chi connectivity index (χ1n) is 2.16. The third-order valence-electron chi connectivity index (χ3n) is 0.409. The zero-order valence-corrected chi connectivity index (χ0v) is 4.73. The van der Waals surface area contributed by atoms with Gasteiger partial charge in [0.25, 0.3) is 0 Å². The number of nitrogens with two attached hydrogens (primary N) is 1. The summed E-state index contributed by atoms with van der Waals surface area (Å²) in [5.41, 5.74) is 5.70. The molecule has 0 unspecified atom stereocenters.